The molecule has 0 saturated heterocycles. The summed E-state index contributed by atoms with van der Waals surface area (Å²) in [6.45, 7) is 4.80. The summed E-state index contributed by atoms with van der Waals surface area (Å²) in [4.78, 5) is 0. The first-order chi connectivity index (χ1) is 11.3. The van der Waals surface area contributed by atoms with Gasteiger partial charge in [0.15, 0.2) is 0 Å². The maximum absolute atomic E-state index is 3.01. The van der Waals surface area contributed by atoms with E-state index in [0.29, 0.717) is 3.93 Å². The summed E-state index contributed by atoms with van der Waals surface area (Å²) in [7, 11) is 0. The molecule has 0 aromatic heterocycles. The Bertz CT molecular complexity index is 623. The van der Waals surface area contributed by atoms with E-state index in [1.807, 2.05) is 0 Å². The van der Waals surface area contributed by atoms with Gasteiger partial charge < -0.3 is 0 Å². The molecule has 0 radical (unpaired) electrons. The molecule has 0 spiro atoms. The van der Waals surface area contributed by atoms with E-state index < -0.39 is 18.4 Å². The van der Waals surface area contributed by atoms with Gasteiger partial charge in [-0.3, -0.25) is 0 Å². The van der Waals surface area contributed by atoms with Crippen LogP contribution >= 0.6 is 0 Å². The van der Waals surface area contributed by atoms with Crippen LogP contribution in [0.15, 0.2) is 91.0 Å². The van der Waals surface area contributed by atoms with Crippen molar-refractivity contribution in [1.29, 1.82) is 0 Å². The Morgan fingerprint density at radius 2 is 0.913 bits per heavy atom. The zero-order valence-corrected chi connectivity index (χ0v) is 16.8. The molecule has 0 nitrogen and oxygen atoms in total. The molecule has 1 unspecified atom stereocenters. The van der Waals surface area contributed by atoms with E-state index in [1.54, 1.807) is 10.7 Å². The number of benzene rings is 3. The SMILES string of the molecule is CC[CH](C)[Sn]([c]1ccccc1)([c]1ccccc1)[c]1ccccc1. The van der Waals surface area contributed by atoms with Gasteiger partial charge in [-0.25, -0.2) is 0 Å². The molecule has 0 aliphatic rings. The van der Waals surface area contributed by atoms with Crippen LogP contribution in [0.25, 0.3) is 0 Å². The fourth-order valence-corrected chi connectivity index (χ4v) is 19.4. The zero-order valence-electron chi connectivity index (χ0n) is 13.9. The maximum atomic E-state index is 2.46. The van der Waals surface area contributed by atoms with E-state index in [4.69, 9.17) is 0 Å². The van der Waals surface area contributed by atoms with Crippen LogP contribution < -0.4 is 10.7 Å². The Morgan fingerprint density at radius 3 is 1.17 bits per heavy atom. The van der Waals surface area contributed by atoms with Gasteiger partial charge in [0.05, 0.1) is 0 Å². The van der Waals surface area contributed by atoms with Crippen LogP contribution in [0.3, 0.4) is 0 Å². The van der Waals surface area contributed by atoms with Crippen LogP contribution in [0.2, 0.25) is 3.93 Å². The van der Waals surface area contributed by atoms with Crippen LogP contribution in [0.1, 0.15) is 20.3 Å². The molecule has 3 aromatic carbocycles. The monoisotopic (exact) mass is 408 g/mol. The number of hydrogen-bond donors (Lipinski definition) is 0. The zero-order chi connectivity index (χ0) is 16.1. The summed E-state index contributed by atoms with van der Waals surface area (Å²) < 4.78 is 5.44. The Labute approximate surface area is 144 Å². The molecular weight excluding hydrogens is 383 g/mol. The van der Waals surface area contributed by atoms with Gasteiger partial charge in [-0.1, -0.05) is 0 Å². The second-order valence-electron chi connectivity index (χ2n) is 6.22. The molecule has 1 heteroatoms. The molecule has 3 rings (SSSR count). The molecule has 1 atom stereocenters. The normalized spacial score (nSPS) is 12.8. The predicted molar refractivity (Wildman–Crippen MR) is 104 cm³/mol. The van der Waals surface area contributed by atoms with Gasteiger partial charge in [-0.05, 0) is 0 Å². The molecule has 0 heterocycles. The summed E-state index contributed by atoms with van der Waals surface area (Å²) in [6.07, 6.45) is 1.22. The Balaban J connectivity index is 2.35. The molecule has 116 valence electrons. The first-order valence-electron chi connectivity index (χ1n) is 8.46. The third kappa shape index (κ3) is 2.97. The second kappa shape index (κ2) is 7.35. The fraction of sp³-hybridized carbons (Fsp3) is 0.182. The topological polar surface area (TPSA) is 0 Å². The standard InChI is InChI=1S/3C6H5.C4H9.Sn/c3*1-2-4-6-5-3-1;1-3-4-2;/h3*1-5H;3H,4H2,1-2H3;. The average molecular weight is 407 g/mol. The van der Waals surface area contributed by atoms with Crippen molar-refractivity contribution in [2.45, 2.75) is 24.2 Å². The van der Waals surface area contributed by atoms with Crippen molar-refractivity contribution >= 4 is 29.1 Å². The van der Waals surface area contributed by atoms with E-state index in [9.17, 15) is 0 Å². The van der Waals surface area contributed by atoms with Gasteiger partial charge in [0.2, 0.25) is 0 Å². The van der Waals surface area contributed by atoms with Crippen molar-refractivity contribution in [3.05, 3.63) is 91.0 Å². The Morgan fingerprint density at radius 1 is 0.609 bits per heavy atom. The van der Waals surface area contributed by atoms with Gasteiger partial charge in [-0.2, -0.15) is 0 Å². The first kappa shape index (κ1) is 16.3. The number of hydrogen-bond acceptors (Lipinski definition) is 0. The second-order valence-corrected chi connectivity index (χ2v) is 18.6. The molecule has 3 aromatic rings. The first-order valence-corrected chi connectivity index (χ1v) is 14.4. The fourth-order valence-electron chi connectivity index (χ4n) is 3.76. The third-order valence-corrected chi connectivity index (χ3v) is 21.1. The quantitative estimate of drug-likeness (QED) is 0.562. The van der Waals surface area contributed by atoms with Crippen molar-refractivity contribution in [3.8, 4) is 0 Å². The van der Waals surface area contributed by atoms with Crippen LogP contribution in [0, 0.1) is 0 Å². The Hall–Kier alpha value is -1.54. The van der Waals surface area contributed by atoms with Gasteiger partial charge in [-0.15, -0.1) is 0 Å². The molecule has 23 heavy (non-hydrogen) atoms. The van der Waals surface area contributed by atoms with E-state index in [2.05, 4.69) is 105 Å². The van der Waals surface area contributed by atoms with Gasteiger partial charge in [0, 0.05) is 0 Å². The van der Waals surface area contributed by atoms with E-state index in [0.717, 1.165) is 0 Å². The minimum atomic E-state index is -3.01. The third-order valence-electron chi connectivity index (χ3n) is 5.04. The van der Waals surface area contributed by atoms with E-state index >= 15 is 0 Å². The molecule has 0 fully saturated rings. The number of rotatable bonds is 5. The molecule has 0 amide bonds. The molecule has 0 aliphatic heterocycles. The van der Waals surface area contributed by atoms with E-state index in [1.165, 1.54) is 6.42 Å². The van der Waals surface area contributed by atoms with Crippen molar-refractivity contribution in [1.82, 2.24) is 0 Å². The van der Waals surface area contributed by atoms with Crippen LogP contribution in [0.4, 0.5) is 0 Å². The molecule has 0 saturated carbocycles. The van der Waals surface area contributed by atoms with Crippen molar-refractivity contribution < 1.29 is 0 Å². The average Bonchev–Trinajstić information content (AvgIpc) is 2.65. The summed E-state index contributed by atoms with van der Waals surface area (Å²) in [5.41, 5.74) is 0. The van der Waals surface area contributed by atoms with Crippen molar-refractivity contribution in [3.63, 3.8) is 0 Å². The molecular formula is C22H24Sn. The molecule has 0 N–H and O–H groups in total. The van der Waals surface area contributed by atoms with Gasteiger partial charge in [0.25, 0.3) is 0 Å². The minimum absolute atomic E-state index is 0.705. The van der Waals surface area contributed by atoms with Crippen LogP contribution in [0.5, 0.6) is 0 Å². The summed E-state index contributed by atoms with van der Waals surface area (Å²) in [5.74, 6) is 0. The molecule has 0 bridgehead atoms. The van der Waals surface area contributed by atoms with Crippen LogP contribution in [-0.4, -0.2) is 18.4 Å². The molecule has 0 aliphatic carbocycles. The van der Waals surface area contributed by atoms with E-state index in [-0.39, 0.29) is 0 Å². The summed E-state index contributed by atoms with van der Waals surface area (Å²) in [6, 6.07) is 33.8. The summed E-state index contributed by atoms with van der Waals surface area (Å²) in [5, 5.41) is 0. The summed E-state index contributed by atoms with van der Waals surface area (Å²) >= 11 is -3.01. The van der Waals surface area contributed by atoms with Gasteiger partial charge >= 0.3 is 144 Å². The van der Waals surface area contributed by atoms with Crippen molar-refractivity contribution in [2.24, 2.45) is 0 Å². The van der Waals surface area contributed by atoms with Gasteiger partial charge in [0.1, 0.15) is 0 Å². The van der Waals surface area contributed by atoms with Crippen molar-refractivity contribution in [2.75, 3.05) is 0 Å². The Kier molecular flexibility index (Phi) is 5.22. The van der Waals surface area contributed by atoms with Crippen LogP contribution in [-0.2, 0) is 0 Å². The predicted octanol–water partition coefficient (Wildman–Crippen LogP) is 3.96.